The highest BCUT2D eigenvalue weighted by atomic mass is 35.5. The van der Waals surface area contributed by atoms with Crippen LogP contribution < -0.4 is 5.32 Å². The summed E-state index contributed by atoms with van der Waals surface area (Å²) in [5.74, 6) is 1.46. The molecule has 0 radical (unpaired) electrons. The average Bonchev–Trinajstić information content (AvgIpc) is 3.37. The summed E-state index contributed by atoms with van der Waals surface area (Å²) >= 11 is 0. The van der Waals surface area contributed by atoms with Gasteiger partial charge in [-0.25, -0.2) is 0 Å². The number of ether oxygens (including phenoxy) is 1. The van der Waals surface area contributed by atoms with Crippen molar-refractivity contribution < 1.29 is 9.53 Å². The lowest BCUT2D eigenvalue weighted by Crippen LogP contribution is -2.43. The van der Waals surface area contributed by atoms with Crippen LogP contribution in [0.3, 0.4) is 0 Å². The van der Waals surface area contributed by atoms with Crippen LogP contribution in [0.15, 0.2) is 24.5 Å². The Hall–Kier alpha value is -1.17. The van der Waals surface area contributed by atoms with Crippen molar-refractivity contribution in [2.75, 3.05) is 26.3 Å². The maximum Gasteiger partial charge on any atom is 0.251 e. The molecule has 2 aliphatic heterocycles. The van der Waals surface area contributed by atoms with E-state index >= 15 is 0 Å². The Bertz CT molecular complexity index is 546. The molecule has 1 N–H and O–H groups in total. The third-order valence-corrected chi connectivity index (χ3v) is 5.59. The summed E-state index contributed by atoms with van der Waals surface area (Å²) in [6.45, 7) is 3.88. The van der Waals surface area contributed by atoms with Crippen molar-refractivity contribution in [3.63, 3.8) is 0 Å². The molecule has 24 heavy (non-hydrogen) atoms. The molecule has 2 saturated heterocycles. The highest BCUT2D eigenvalue weighted by Crippen LogP contribution is 2.42. The van der Waals surface area contributed by atoms with Crippen LogP contribution in [0.2, 0.25) is 0 Å². The van der Waals surface area contributed by atoms with Gasteiger partial charge in [-0.2, -0.15) is 0 Å². The Kier molecular flexibility index (Phi) is 5.74. The number of pyridine rings is 1. The fraction of sp³-hybridized carbons (Fsp3) is 0.667. The molecular formula is C18H26ClN3O2. The molecule has 3 fully saturated rings. The van der Waals surface area contributed by atoms with Gasteiger partial charge in [0.15, 0.2) is 0 Å². The number of amides is 1. The zero-order valence-electron chi connectivity index (χ0n) is 13.9. The van der Waals surface area contributed by atoms with Gasteiger partial charge in [0.25, 0.3) is 5.91 Å². The zero-order chi connectivity index (χ0) is 15.6. The van der Waals surface area contributed by atoms with Crippen LogP contribution in [-0.2, 0) is 4.74 Å². The van der Waals surface area contributed by atoms with Crippen molar-refractivity contribution in [3.05, 3.63) is 30.1 Å². The van der Waals surface area contributed by atoms with Gasteiger partial charge in [-0.3, -0.25) is 14.7 Å². The number of nitrogens with zero attached hydrogens (tertiary/aromatic N) is 2. The van der Waals surface area contributed by atoms with Crippen LogP contribution in [0.25, 0.3) is 0 Å². The van der Waals surface area contributed by atoms with Crippen LogP contribution in [0.1, 0.15) is 36.0 Å². The monoisotopic (exact) mass is 351 g/mol. The summed E-state index contributed by atoms with van der Waals surface area (Å²) in [7, 11) is 0. The van der Waals surface area contributed by atoms with Gasteiger partial charge in [-0.15, -0.1) is 12.4 Å². The van der Waals surface area contributed by atoms with Crippen molar-refractivity contribution in [2.45, 2.75) is 37.8 Å². The maximum absolute atomic E-state index is 12.5. The molecule has 0 unspecified atom stereocenters. The first kappa shape index (κ1) is 17.6. The van der Waals surface area contributed by atoms with Gasteiger partial charge in [0.05, 0.1) is 0 Å². The highest BCUT2D eigenvalue weighted by molar-refractivity contribution is 5.94. The van der Waals surface area contributed by atoms with E-state index < -0.39 is 0 Å². The Morgan fingerprint density at radius 3 is 2.50 bits per heavy atom. The van der Waals surface area contributed by atoms with E-state index in [0.717, 1.165) is 45.1 Å². The molecule has 1 saturated carbocycles. The Labute approximate surface area is 149 Å². The lowest BCUT2D eigenvalue weighted by Gasteiger charge is -2.31. The van der Waals surface area contributed by atoms with Crippen LogP contribution in [0, 0.1) is 11.8 Å². The summed E-state index contributed by atoms with van der Waals surface area (Å²) in [5.41, 5.74) is 0.707. The summed E-state index contributed by atoms with van der Waals surface area (Å²) in [5, 5.41) is 3.30. The van der Waals surface area contributed by atoms with Gasteiger partial charge in [-0.1, -0.05) is 0 Å². The minimum absolute atomic E-state index is 0. The van der Waals surface area contributed by atoms with Crippen molar-refractivity contribution in [1.82, 2.24) is 15.2 Å². The van der Waals surface area contributed by atoms with E-state index in [-0.39, 0.29) is 24.4 Å². The van der Waals surface area contributed by atoms with E-state index in [9.17, 15) is 4.79 Å². The average molecular weight is 352 g/mol. The number of hydrogen-bond acceptors (Lipinski definition) is 4. The second-order valence-corrected chi connectivity index (χ2v) is 7.11. The molecule has 1 aliphatic carbocycles. The van der Waals surface area contributed by atoms with E-state index in [1.165, 1.54) is 12.8 Å². The summed E-state index contributed by atoms with van der Waals surface area (Å²) in [4.78, 5) is 19.1. The predicted molar refractivity (Wildman–Crippen MR) is 94.4 cm³/mol. The fourth-order valence-corrected chi connectivity index (χ4v) is 4.12. The fourth-order valence-electron chi connectivity index (χ4n) is 4.12. The molecule has 3 heterocycles. The van der Waals surface area contributed by atoms with Crippen molar-refractivity contribution in [2.24, 2.45) is 11.8 Å². The second-order valence-electron chi connectivity index (χ2n) is 7.11. The van der Waals surface area contributed by atoms with Crippen LogP contribution >= 0.6 is 12.4 Å². The molecular weight excluding hydrogens is 326 g/mol. The van der Waals surface area contributed by atoms with E-state index in [0.29, 0.717) is 17.5 Å². The number of rotatable bonds is 4. The van der Waals surface area contributed by atoms with Crippen molar-refractivity contribution in [1.29, 1.82) is 0 Å². The topological polar surface area (TPSA) is 54.5 Å². The molecule has 4 rings (SSSR count). The van der Waals surface area contributed by atoms with E-state index in [1.54, 1.807) is 24.5 Å². The van der Waals surface area contributed by atoms with Crippen molar-refractivity contribution >= 4 is 18.3 Å². The summed E-state index contributed by atoms with van der Waals surface area (Å²) < 4.78 is 5.49. The molecule has 0 spiro atoms. The number of nitrogens with one attached hydrogen (secondary N) is 1. The SMILES string of the molecule is Cl.O=C(N[C@H]1CN(C2CCOCC2)C[C@@H]1C1CC1)c1ccncc1. The molecule has 1 aromatic rings. The third-order valence-electron chi connectivity index (χ3n) is 5.59. The lowest BCUT2D eigenvalue weighted by atomic mass is 9.98. The van der Waals surface area contributed by atoms with E-state index in [4.69, 9.17) is 4.74 Å². The van der Waals surface area contributed by atoms with Crippen LogP contribution in [0.5, 0.6) is 0 Å². The van der Waals surface area contributed by atoms with Gasteiger partial charge in [0.1, 0.15) is 0 Å². The summed E-state index contributed by atoms with van der Waals surface area (Å²) in [6.07, 6.45) is 8.26. The normalized spacial score (nSPS) is 28.3. The van der Waals surface area contributed by atoms with E-state index in [2.05, 4.69) is 15.2 Å². The van der Waals surface area contributed by atoms with Crippen LogP contribution in [-0.4, -0.2) is 54.2 Å². The minimum atomic E-state index is 0. The molecule has 1 aromatic heterocycles. The Morgan fingerprint density at radius 2 is 1.83 bits per heavy atom. The quantitative estimate of drug-likeness (QED) is 0.902. The molecule has 1 amide bonds. The van der Waals surface area contributed by atoms with Gasteiger partial charge in [0.2, 0.25) is 0 Å². The lowest BCUT2D eigenvalue weighted by molar-refractivity contribution is 0.0404. The number of aromatic nitrogens is 1. The second kappa shape index (κ2) is 7.81. The van der Waals surface area contributed by atoms with Crippen molar-refractivity contribution in [3.8, 4) is 0 Å². The molecule has 5 nitrogen and oxygen atoms in total. The standard InChI is InChI=1S/C18H25N3O2.ClH/c22-18(14-3-7-19-8-4-14)20-17-12-21(11-16(17)13-1-2-13)15-5-9-23-10-6-15;/h3-4,7-8,13,15-17H,1-2,5-6,9-12H2,(H,20,22);1H/t16-,17+;/m1./s1. The minimum Gasteiger partial charge on any atom is -0.381 e. The first-order valence-corrected chi connectivity index (χ1v) is 8.84. The molecule has 0 bridgehead atoms. The number of halogens is 1. The number of carbonyl (C=O) groups is 1. The molecule has 0 aromatic carbocycles. The predicted octanol–water partition coefficient (Wildman–Crippen LogP) is 2.12. The largest absolute Gasteiger partial charge is 0.381 e. The number of carbonyl (C=O) groups excluding carboxylic acids is 1. The molecule has 6 heteroatoms. The Morgan fingerprint density at radius 1 is 1.12 bits per heavy atom. The van der Waals surface area contributed by atoms with E-state index in [1.807, 2.05) is 0 Å². The number of likely N-dealkylation sites (tertiary alicyclic amines) is 1. The number of hydrogen-bond donors (Lipinski definition) is 1. The first-order chi connectivity index (χ1) is 11.3. The maximum atomic E-state index is 12.5. The molecule has 3 aliphatic rings. The Balaban J connectivity index is 0.00000169. The van der Waals surface area contributed by atoms with Gasteiger partial charge in [0, 0.05) is 56.3 Å². The van der Waals surface area contributed by atoms with Crippen LogP contribution in [0.4, 0.5) is 0 Å². The molecule has 132 valence electrons. The highest BCUT2D eigenvalue weighted by Gasteiger charge is 2.44. The third kappa shape index (κ3) is 3.90. The molecule has 2 atom stereocenters. The summed E-state index contributed by atoms with van der Waals surface area (Å²) in [6, 6.07) is 4.48. The smallest absolute Gasteiger partial charge is 0.251 e. The van der Waals surface area contributed by atoms with Gasteiger partial charge < -0.3 is 10.1 Å². The van der Waals surface area contributed by atoms with Gasteiger partial charge >= 0.3 is 0 Å². The first-order valence-electron chi connectivity index (χ1n) is 8.84. The zero-order valence-corrected chi connectivity index (χ0v) is 14.7. The van der Waals surface area contributed by atoms with Gasteiger partial charge in [-0.05, 0) is 49.7 Å².